The first kappa shape index (κ1) is 22.0. The van der Waals surface area contributed by atoms with Crippen molar-refractivity contribution in [2.24, 2.45) is 0 Å². The summed E-state index contributed by atoms with van der Waals surface area (Å²) in [6.45, 7) is 0. The Hall–Kier alpha value is -0.0740. The van der Waals surface area contributed by atoms with E-state index in [0.717, 1.165) is 0 Å². The maximum atomic E-state index is 2.36. The van der Waals surface area contributed by atoms with Gasteiger partial charge in [-0.25, -0.2) is 0 Å². The van der Waals surface area contributed by atoms with Gasteiger partial charge in [-0.1, -0.05) is 0 Å². The van der Waals surface area contributed by atoms with Crippen molar-refractivity contribution in [3.63, 3.8) is 0 Å². The predicted molar refractivity (Wildman–Crippen MR) is 110 cm³/mol. The molecule has 0 saturated heterocycles. The van der Waals surface area contributed by atoms with Crippen LogP contribution in [0, 0.1) is 0 Å². The standard InChI is InChI=1S/C13H9.C5H5.C2H8Ge.2ClH.Zr/c1-3-7-12-10(5-1)9-11-6-2-4-8-13(11)12;1-2-4-5-3-1;1-3-2;;;/h1-9H;1-3H,4H2;3H2,1-2H3;2*1H;. The van der Waals surface area contributed by atoms with Gasteiger partial charge in [0.2, 0.25) is 0 Å². The molecule has 0 bridgehead atoms. The molecule has 2 aliphatic carbocycles. The first-order valence-corrected chi connectivity index (χ1v) is 16.7. The van der Waals surface area contributed by atoms with Crippen molar-refractivity contribution >= 4 is 40.2 Å². The molecule has 2 aliphatic rings. The number of hydrogen-bond donors (Lipinski definition) is 0. The summed E-state index contributed by atoms with van der Waals surface area (Å²) >= 11 is -0.445. The third kappa shape index (κ3) is 4.76. The summed E-state index contributed by atoms with van der Waals surface area (Å²) in [6, 6.07) is 18.0. The van der Waals surface area contributed by atoms with Crippen LogP contribution in [0.5, 0.6) is 0 Å². The minimum absolute atomic E-state index is 0. The van der Waals surface area contributed by atoms with Crippen molar-refractivity contribution in [1.82, 2.24) is 0 Å². The summed E-state index contributed by atoms with van der Waals surface area (Å²) in [5.74, 6) is 4.62. The summed E-state index contributed by atoms with van der Waals surface area (Å²) < 4.78 is 2.43. The van der Waals surface area contributed by atoms with Crippen LogP contribution < -0.4 is 0 Å². The van der Waals surface area contributed by atoms with Gasteiger partial charge in [-0.3, -0.25) is 0 Å². The van der Waals surface area contributed by atoms with Crippen LogP contribution in [0.3, 0.4) is 0 Å². The number of rotatable bonds is 2. The average molecular weight is 499 g/mol. The Morgan fingerprint density at radius 2 is 1.38 bits per heavy atom. The molecule has 126 valence electrons. The Labute approximate surface area is 176 Å². The topological polar surface area (TPSA) is 0 Å². The monoisotopic (exact) mass is 498 g/mol. The van der Waals surface area contributed by atoms with Crippen molar-refractivity contribution < 1.29 is 23.2 Å². The second kappa shape index (κ2) is 10.8. The van der Waals surface area contributed by atoms with E-state index in [2.05, 4.69) is 78.3 Å². The molecule has 0 nitrogen and oxygen atoms in total. The van der Waals surface area contributed by atoms with Crippen molar-refractivity contribution in [2.75, 3.05) is 0 Å². The summed E-state index contributed by atoms with van der Waals surface area (Å²) in [5, 5.41) is 0. The third-order valence-corrected chi connectivity index (χ3v) is 8.00. The molecule has 2 aromatic rings. The third-order valence-electron chi connectivity index (χ3n) is 3.93. The second-order valence-electron chi connectivity index (χ2n) is 5.78. The van der Waals surface area contributed by atoms with Gasteiger partial charge >= 0.3 is 153 Å². The molecule has 0 heterocycles. The summed E-state index contributed by atoms with van der Waals surface area (Å²) in [5.41, 5.74) is 6.08. The van der Waals surface area contributed by atoms with Crippen molar-refractivity contribution in [1.29, 1.82) is 0 Å². The van der Waals surface area contributed by atoms with Crippen LogP contribution in [0.25, 0.3) is 11.1 Å². The molecule has 0 radical (unpaired) electrons. The Bertz CT molecular complexity index is 680. The van der Waals surface area contributed by atoms with Crippen LogP contribution in [-0.2, 0) is 23.2 Å². The SMILES string of the molecule is C1=CC[C]([Zr][CH]2c3ccccc3-c3ccccc32)=C1.Cl.Cl.[CH3][GeH2][CH3]. The van der Waals surface area contributed by atoms with E-state index < -0.39 is 23.2 Å². The van der Waals surface area contributed by atoms with Crippen LogP contribution in [0.2, 0.25) is 11.5 Å². The van der Waals surface area contributed by atoms with Crippen LogP contribution in [0.1, 0.15) is 21.2 Å². The first-order valence-electron chi connectivity index (χ1n) is 8.15. The predicted octanol–water partition coefficient (Wildman–Crippen LogP) is 5.78. The molecule has 4 rings (SSSR count). The fraction of sp³-hybridized carbons (Fsp3) is 0.200. The Morgan fingerprint density at radius 3 is 1.83 bits per heavy atom. The number of fused-ring (bicyclic) bond motifs is 3. The number of allylic oxidation sites excluding steroid dienone is 4. The van der Waals surface area contributed by atoms with E-state index >= 15 is 0 Å². The normalized spacial score (nSPS) is 13.5. The average Bonchev–Trinajstić information content (AvgIpc) is 3.16. The zero-order valence-electron chi connectivity index (χ0n) is 14.2. The molecule has 0 saturated carbocycles. The van der Waals surface area contributed by atoms with Crippen molar-refractivity contribution in [3.8, 4) is 11.1 Å². The zero-order valence-corrected chi connectivity index (χ0v) is 21.2. The number of halogens is 2. The molecule has 4 heteroatoms. The zero-order chi connectivity index (χ0) is 15.4. The van der Waals surface area contributed by atoms with Gasteiger partial charge < -0.3 is 0 Å². The molecule has 0 amide bonds. The Kier molecular flexibility index (Phi) is 9.90. The van der Waals surface area contributed by atoms with Crippen LogP contribution >= 0.6 is 24.8 Å². The first-order chi connectivity index (χ1) is 10.8. The number of benzene rings is 2. The molecular formula is C20H24Cl2GeZr. The van der Waals surface area contributed by atoms with Crippen LogP contribution in [0.15, 0.2) is 70.0 Å². The van der Waals surface area contributed by atoms with Gasteiger partial charge in [0, 0.05) is 0 Å². The summed E-state index contributed by atoms with van der Waals surface area (Å²) in [6.07, 6.45) is 8.08. The van der Waals surface area contributed by atoms with Gasteiger partial charge in [0.15, 0.2) is 0 Å². The van der Waals surface area contributed by atoms with Crippen molar-refractivity contribution in [3.05, 3.63) is 81.2 Å². The quantitative estimate of drug-likeness (QED) is 0.460. The van der Waals surface area contributed by atoms with Gasteiger partial charge in [0.1, 0.15) is 0 Å². The Balaban J connectivity index is 0.000000539. The molecule has 0 N–H and O–H groups in total. The van der Waals surface area contributed by atoms with Gasteiger partial charge in [-0.2, -0.15) is 0 Å². The molecule has 0 unspecified atom stereocenters. The molecular weight excluding hydrogens is 475 g/mol. The Morgan fingerprint density at radius 1 is 0.875 bits per heavy atom. The van der Waals surface area contributed by atoms with E-state index in [1.807, 2.05) is 0 Å². The van der Waals surface area contributed by atoms with Crippen LogP contribution in [0.4, 0.5) is 0 Å². The second-order valence-corrected chi connectivity index (χ2v) is 12.5. The van der Waals surface area contributed by atoms with Gasteiger partial charge in [-0.15, -0.1) is 24.8 Å². The molecule has 0 aliphatic heterocycles. The van der Waals surface area contributed by atoms with E-state index in [9.17, 15) is 0 Å². The number of hydrogen-bond acceptors (Lipinski definition) is 0. The van der Waals surface area contributed by atoms with E-state index in [4.69, 9.17) is 0 Å². The fourth-order valence-electron chi connectivity index (χ4n) is 3.05. The van der Waals surface area contributed by atoms with Gasteiger partial charge in [0.25, 0.3) is 0 Å². The molecule has 24 heavy (non-hydrogen) atoms. The molecule has 0 fully saturated rings. The summed E-state index contributed by atoms with van der Waals surface area (Å²) in [4.78, 5) is 0. The molecule has 2 aromatic carbocycles. The van der Waals surface area contributed by atoms with Crippen LogP contribution in [-0.4, -0.2) is 15.4 Å². The summed E-state index contributed by atoms with van der Waals surface area (Å²) in [7, 11) is 0. The maximum absolute atomic E-state index is 2.36. The molecule has 0 atom stereocenters. The van der Waals surface area contributed by atoms with Gasteiger partial charge in [0.05, 0.1) is 0 Å². The van der Waals surface area contributed by atoms with Crippen molar-refractivity contribution in [2.45, 2.75) is 21.6 Å². The van der Waals surface area contributed by atoms with Gasteiger partial charge in [-0.05, 0) is 0 Å². The van der Waals surface area contributed by atoms with E-state index in [0.29, 0.717) is 3.63 Å². The van der Waals surface area contributed by atoms with E-state index in [1.165, 1.54) is 17.5 Å². The fourth-order valence-corrected chi connectivity index (χ4v) is 7.02. The van der Waals surface area contributed by atoms with E-state index in [1.54, 1.807) is 14.4 Å². The molecule has 0 aromatic heterocycles. The molecule has 0 spiro atoms. The minimum atomic E-state index is -0.570. The van der Waals surface area contributed by atoms with E-state index in [-0.39, 0.29) is 40.2 Å².